The van der Waals surface area contributed by atoms with Gasteiger partial charge < -0.3 is 0 Å². The molecule has 0 saturated heterocycles. The van der Waals surface area contributed by atoms with Crippen molar-refractivity contribution in [2.45, 2.75) is 4.90 Å². The van der Waals surface area contributed by atoms with E-state index in [0.29, 0.717) is 0 Å². The summed E-state index contributed by atoms with van der Waals surface area (Å²) in [5.74, 6) is -0.979. The Labute approximate surface area is 132 Å². The van der Waals surface area contributed by atoms with Crippen LogP contribution in [-0.2, 0) is 14.6 Å². The molecule has 0 fully saturated rings. The molecular weight excluding hydrogens is 352 g/mol. The van der Waals surface area contributed by atoms with Crippen LogP contribution in [-0.4, -0.2) is 20.0 Å². The standard InChI is InChI=1S/C16H13BrO3S/c17-16-9-5-4-6-13(16)10-11-14(18)12-21(19,20)15-7-2-1-3-8-15/h1-11H,12H2. The Morgan fingerprint density at radius 2 is 1.62 bits per heavy atom. The van der Waals surface area contributed by atoms with Gasteiger partial charge in [-0.15, -0.1) is 0 Å². The van der Waals surface area contributed by atoms with Crippen LogP contribution in [0.3, 0.4) is 0 Å². The van der Waals surface area contributed by atoms with Gasteiger partial charge in [-0.3, -0.25) is 4.79 Å². The number of sulfone groups is 1. The molecule has 21 heavy (non-hydrogen) atoms. The molecule has 0 bridgehead atoms. The van der Waals surface area contributed by atoms with E-state index >= 15 is 0 Å². The fraction of sp³-hybridized carbons (Fsp3) is 0.0625. The Balaban J connectivity index is 2.11. The third kappa shape index (κ3) is 4.37. The molecule has 2 rings (SSSR count). The molecule has 0 N–H and O–H groups in total. The summed E-state index contributed by atoms with van der Waals surface area (Å²) in [7, 11) is -3.59. The Morgan fingerprint density at radius 3 is 2.29 bits per heavy atom. The highest BCUT2D eigenvalue weighted by Gasteiger charge is 2.17. The SMILES string of the molecule is O=C(C=Cc1ccccc1Br)CS(=O)(=O)c1ccccc1. The Kier molecular flexibility index (Phi) is 5.09. The maximum Gasteiger partial charge on any atom is 0.185 e. The molecule has 108 valence electrons. The van der Waals surface area contributed by atoms with Crippen LogP contribution in [0.1, 0.15) is 5.56 Å². The summed E-state index contributed by atoms with van der Waals surface area (Å²) >= 11 is 3.36. The lowest BCUT2D eigenvalue weighted by atomic mass is 10.2. The van der Waals surface area contributed by atoms with Crippen molar-refractivity contribution in [1.82, 2.24) is 0 Å². The first kappa shape index (κ1) is 15.7. The fourth-order valence-corrected chi connectivity index (χ4v) is 3.37. The summed E-state index contributed by atoms with van der Waals surface area (Å²) in [6.45, 7) is 0. The van der Waals surface area contributed by atoms with Crippen LogP contribution in [0.15, 0.2) is 70.0 Å². The minimum absolute atomic E-state index is 0.160. The molecule has 0 aliphatic heterocycles. The van der Waals surface area contributed by atoms with Gasteiger partial charge >= 0.3 is 0 Å². The van der Waals surface area contributed by atoms with E-state index < -0.39 is 21.4 Å². The van der Waals surface area contributed by atoms with Gasteiger partial charge in [0.25, 0.3) is 0 Å². The highest BCUT2D eigenvalue weighted by Crippen LogP contribution is 2.17. The van der Waals surface area contributed by atoms with Crippen molar-refractivity contribution in [3.63, 3.8) is 0 Å². The topological polar surface area (TPSA) is 51.2 Å². The molecule has 0 unspecified atom stereocenters. The second-order valence-corrected chi connectivity index (χ2v) is 7.24. The zero-order chi connectivity index (χ0) is 15.3. The van der Waals surface area contributed by atoms with Crippen molar-refractivity contribution >= 4 is 37.6 Å². The van der Waals surface area contributed by atoms with E-state index in [0.717, 1.165) is 10.0 Å². The molecule has 2 aromatic rings. The summed E-state index contributed by atoms with van der Waals surface area (Å²) in [6, 6.07) is 15.4. The molecule has 0 heterocycles. The third-order valence-corrected chi connectivity index (χ3v) is 5.17. The van der Waals surface area contributed by atoms with Gasteiger partial charge in [0.15, 0.2) is 15.6 Å². The van der Waals surface area contributed by atoms with E-state index in [1.165, 1.54) is 18.2 Å². The Bertz CT molecular complexity index is 765. The summed E-state index contributed by atoms with van der Waals surface area (Å²) in [5, 5.41) is 0. The smallest absolute Gasteiger partial charge is 0.185 e. The summed E-state index contributed by atoms with van der Waals surface area (Å²) < 4.78 is 25.0. The van der Waals surface area contributed by atoms with Gasteiger partial charge in [-0.2, -0.15) is 0 Å². The Hall–Kier alpha value is -1.72. The van der Waals surface area contributed by atoms with Crippen LogP contribution in [0, 0.1) is 0 Å². The first-order chi connectivity index (χ1) is 9.99. The quantitative estimate of drug-likeness (QED) is 0.762. The summed E-state index contributed by atoms with van der Waals surface area (Å²) in [6.07, 6.45) is 2.90. The van der Waals surface area contributed by atoms with Crippen molar-refractivity contribution in [3.8, 4) is 0 Å². The van der Waals surface area contributed by atoms with Gasteiger partial charge in [0.05, 0.1) is 4.90 Å². The first-order valence-electron chi connectivity index (χ1n) is 6.22. The predicted molar refractivity (Wildman–Crippen MR) is 86.7 cm³/mol. The molecule has 0 saturated carbocycles. The molecule has 2 aromatic carbocycles. The first-order valence-corrected chi connectivity index (χ1v) is 8.67. The molecule has 0 aliphatic carbocycles. The number of carbonyl (C=O) groups excluding carboxylic acids is 1. The van der Waals surface area contributed by atoms with Crippen LogP contribution >= 0.6 is 15.9 Å². The van der Waals surface area contributed by atoms with Crippen LogP contribution in [0.2, 0.25) is 0 Å². The lowest BCUT2D eigenvalue weighted by molar-refractivity contribution is -0.112. The normalized spacial score (nSPS) is 11.7. The second kappa shape index (κ2) is 6.83. The minimum atomic E-state index is -3.59. The van der Waals surface area contributed by atoms with Gasteiger partial charge in [-0.25, -0.2) is 8.42 Å². The van der Waals surface area contributed by atoms with Gasteiger partial charge in [0.1, 0.15) is 5.75 Å². The molecule has 0 amide bonds. The van der Waals surface area contributed by atoms with Crippen LogP contribution < -0.4 is 0 Å². The zero-order valence-electron chi connectivity index (χ0n) is 11.1. The summed E-state index contributed by atoms with van der Waals surface area (Å²) in [4.78, 5) is 12.0. The number of allylic oxidation sites excluding steroid dienone is 1. The van der Waals surface area contributed by atoms with Crippen molar-refractivity contribution < 1.29 is 13.2 Å². The largest absolute Gasteiger partial charge is 0.294 e. The number of carbonyl (C=O) groups is 1. The highest BCUT2D eigenvalue weighted by atomic mass is 79.9. The second-order valence-electron chi connectivity index (χ2n) is 4.39. The van der Waals surface area contributed by atoms with Crippen molar-refractivity contribution in [2.75, 3.05) is 5.75 Å². The van der Waals surface area contributed by atoms with Crippen LogP contribution in [0.5, 0.6) is 0 Å². The molecule has 3 nitrogen and oxygen atoms in total. The highest BCUT2D eigenvalue weighted by molar-refractivity contribution is 9.10. The van der Waals surface area contributed by atoms with Gasteiger partial charge in [-0.05, 0) is 29.8 Å². The number of rotatable bonds is 5. The minimum Gasteiger partial charge on any atom is -0.294 e. The number of hydrogen-bond acceptors (Lipinski definition) is 3. The van der Waals surface area contributed by atoms with E-state index in [4.69, 9.17) is 0 Å². The molecule has 0 aromatic heterocycles. The van der Waals surface area contributed by atoms with E-state index in [1.807, 2.05) is 24.3 Å². The molecular formula is C16H13BrO3S. The number of ketones is 1. The van der Waals surface area contributed by atoms with Gasteiger partial charge in [0.2, 0.25) is 0 Å². The van der Waals surface area contributed by atoms with Gasteiger partial charge in [-0.1, -0.05) is 58.4 Å². The van der Waals surface area contributed by atoms with Crippen molar-refractivity contribution in [3.05, 3.63) is 70.7 Å². The van der Waals surface area contributed by atoms with Crippen LogP contribution in [0.25, 0.3) is 6.08 Å². The average molecular weight is 365 g/mol. The van der Waals surface area contributed by atoms with Crippen molar-refractivity contribution in [1.29, 1.82) is 0 Å². The van der Waals surface area contributed by atoms with Crippen LogP contribution in [0.4, 0.5) is 0 Å². The fourth-order valence-electron chi connectivity index (χ4n) is 1.74. The summed E-state index contributed by atoms with van der Waals surface area (Å²) in [5.41, 5.74) is 0.822. The molecule has 0 aliphatic rings. The maximum absolute atomic E-state index is 12.1. The molecule has 0 atom stereocenters. The molecule has 0 spiro atoms. The molecule has 0 radical (unpaired) electrons. The monoisotopic (exact) mass is 364 g/mol. The predicted octanol–water partition coefficient (Wildman–Crippen LogP) is 3.51. The zero-order valence-corrected chi connectivity index (χ0v) is 13.5. The lowest BCUT2D eigenvalue weighted by Crippen LogP contribution is -2.14. The van der Waals surface area contributed by atoms with E-state index in [2.05, 4.69) is 15.9 Å². The number of hydrogen-bond donors (Lipinski definition) is 0. The van der Waals surface area contributed by atoms with Crippen molar-refractivity contribution in [2.24, 2.45) is 0 Å². The lowest BCUT2D eigenvalue weighted by Gasteiger charge is -2.01. The molecule has 5 heteroatoms. The number of halogens is 1. The third-order valence-electron chi connectivity index (χ3n) is 2.79. The number of benzene rings is 2. The maximum atomic E-state index is 12.1. The van der Waals surface area contributed by atoms with E-state index in [1.54, 1.807) is 24.3 Å². The van der Waals surface area contributed by atoms with E-state index in [9.17, 15) is 13.2 Å². The Morgan fingerprint density at radius 1 is 1.00 bits per heavy atom. The van der Waals surface area contributed by atoms with E-state index in [-0.39, 0.29) is 4.90 Å². The average Bonchev–Trinajstić information content (AvgIpc) is 2.47. The van der Waals surface area contributed by atoms with Gasteiger partial charge in [0, 0.05) is 4.47 Å².